The lowest BCUT2D eigenvalue weighted by molar-refractivity contribution is -0.132. The molecule has 2 aromatic heterocycles. The quantitative estimate of drug-likeness (QED) is 0.398. The van der Waals surface area contributed by atoms with Crippen molar-refractivity contribution in [1.29, 1.82) is 0 Å². The lowest BCUT2D eigenvalue weighted by Gasteiger charge is -2.38. The molecule has 1 saturated heterocycles. The van der Waals surface area contributed by atoms with Crippen LogP contribution in [0.3, 0.4) is 0 Å². The Morgan fingerprint density at radius 3 is 2.54 bits per heavy atom. The molecular formula is C28H33Cl2N5O2. The number of carbonyl (C=O) groups is 2. The number of fused-ring (bicyclic) bond motifs is 1. The van der Waals surface area contributed by atoms with E-state index in [-0.39, 0.29) is 36.2 Å². The second kappa shape index (κ2) is 11.4. The molecule has 3 heterocycles. The minimum atomic E-state index is -0.369. The smallest absolute Gasteiger partial charge is 0.234 e. The third-order valence-corrected chi connectivity index (χ3v) is 8.85. The summed E-state index contributed by atoms with van der Waals surface area (Å²) < 4.78 is 0. The van der Waals surface area contributed by atoms with E-state index in [2.05, 4.69) is 21.5 Å². The molecule has 1 aromatic carbocycles. The van der Waals surface area contributed by atoms with E-state index in [1.807, 2.05) is 29.4 Å². The predicted octanol–water partition coefficient (Wildman–Crippen LogP) is 4.82. The van der Waals surface area contributed by atoms with Crippen molar-refractivity contribution in [2.24, 2.45) is 11.7 Å². The van der Waals surface area contributed by atoms with E-state index in [9.17, 15) is 9.59 Å². The lowest BCUT2D eigenvalue weighted by Crippen LogP contribution is -2.54. The molecule has 9 heteroatoms. The zero-order chi connectivity index (χ0) is 25.9. The van der Waals surface area contributed by atoms with Crippen LogP contribution in [0.4, 0.5) is 0 Å². The number of amides is 2. The molecule has 37 heavy (non-hydrogen) atoms. The van der Waals surface area contributed by atoms with Crippen molar-refractivity contribution >= 4 is 45.9 Å². The molecule has 196 valence electrons. The summed E-state index contributed by atoms with van der Waals surface area (Å²) in [5.74, 6) is 0.383. The Morgan fingerprint density at radius 2 is 1.84 bits per heavy atom. The van der Waals surface area contributed by atoms with Crippen LogP contribution >= 0.6 is 23.2 Å². The number of benzene rings is 1. The summed E-state index contributed by atoms with van der Waals surface area (Å²) in [5.41, 5.74) is 9.17. The molecule has 1 saturated carbocycles. The Balaban J connectivity index is 1.12. The van der Waals surface area contributed by atoms with Gasteiger partial charge in [-0.25, -0.2) is 0 Å². The van der Waals surface area contributed by atoms with E-state index >= 15 is 0 Å². The Bertz CT molecular complexity index is 1260. The first-order chi connectivity index (χ1) is 17.9. The summed E-state index contributed by atoms with van der Waals surface area (Å²) in [6, 6.07) is 7.20. The highest BCUT2D eigenvalue weighted by Gasteiger charge is 2.34. The molecule has 0 radical (unpaired) electrons. The molecule has 7 nitrogen and oxygen atoms in total. The first-order valence-electron chi connectivity index (χ1n) is 13.1. The topological polar surface area (TPSA) is 104 Å². The van der Waals surface area contributed by atoms with Crippen molar-refractivity contribution < 1.29 is 9.59 Å². The highest BCUT2D eigenvalue weighted by atomic mass is 35.5. The minimum absolute atomic E-state index is 0.0613. The highest BCUT2D eigenvalue weighted by Crippen LogP contribution is 2.37. The van der Waals surface area contributed by atoms with Gasteiger partial charge in [0.05, 0.1) is 22.5 Å². The normalized spacial score (nSPS) is 21.7. The summed E-state index contributed by atoms with van der Waals surface area (Å²) in [6.07, 6.45) is 11.8. The van der Waals surface area contributed by atoms with Crippen LogP contribution in [0.25, 0.3) is 10.9 Å². The van der Waals surface area contributed by atoms with E-state index in [0.29, 0.717) is 29.1 Å². The van der Waals surface area contributed by atoms with Crippen LogP contribution in [-0.4, -0.2) is 51.9 Å². The van der Waals surface area contributed by atoms with Crippen molar-refractivity contribution in [1.82, 2.24) is 20.2 Å². The van der Waals surface area contributed by atoms with Gasteiger partial charge in [0.15, 0.2) is 0 Å². The van der Waals surface area contributed by atoms with Gasteiger partial charge >= 0.3 is 0 Å². The van der Waals surface area contributed by atoms with Crippen LogP contribution in [0, 0.1) is 5.92 Å². The molecule has 1 atom stereocenters. The average molecular weight is 543 g/mol. The summed E-state index contributed by atoms with van der Waals surface area (Å²) >= 11 is 12.1. The molecule has 0 bridgehead atoms. The third-order valence-electron chi connectivity index (χ3n) is 8.11. The maximum absolute atomic E-state index is 12.8. The number of primary amides is 1. The van der Waals surface area contributed by atoms with E-state index in [4.69, 9.17) is 28.9 Å². The van der Waals surface area contributed by atoms with Crippen LogP contribution < -0.4 is 11.1 Å². The standard InChI is InChI=1S/C28H33Cl2N5O2/c29-23-6-1-17(13-24(23)30)14-26(36)35-11-8-19(9-12-35)27(28(31)37)34-20-4-2-18(3-5-20)21-16-33-25-7-10-32-15-22(21)25/h1,6-7,10,13,15-16,18-20,27,33-34H,2-5,8-9,11-12,14H2,(H2,31,37). The number of rotatable bonds is 7. The van der Waals surface area contributed by atoms with Crippen LogP contribution in [0.2, 0.25) is 10.0 Å². The fourth-order valence-corrected chi connectivity index (χ4v) is 6.34. The number of nitrogens with one attached hydrogen (secondary N) is 2. The maximum atomic E-state index is 12.8. The molecule has 5 rings (SSSR count). The van der Waals surface area contributed by atoms with E-state index in [1.165, 1.54) is 10.9 Å². The molecule has 2 aliphatic rings. The van der Waals surface area contributed by atoms with Gasteiger partial charge in [-0.2, -0.15) is 0 Å². The highest BCUT2D eigenvalue weighted by molar-refractivity contribution is 6.42. The number of hydrogen-bond acceptors (Lipinski definition) is 4. The van der Waals surface area contributed by atoms with Gasteiger partial charge in [0.1, 0.15) is 0 Å². The first-order valence-corrected chi connectivity index (χ1v) is 13.8. The number of aromatic nitrogens is 2. The number of likely N-dealkylation sites (tertiary alicyclic amines) is 1. The van der Waals surface area contributed by atoms with Gasteiger partial charge in [0, 0.05) is 48.6 Å². The zero-order valence-corrected chi connectivity index (χ0v) is 22.3. The molecule has 1 unspecified atom stereocenters. The Hall–Kier alpha value is -2.61. The Morgan fingerprint density at radius 1 is 1.08 bits per heavy atom. The molecule has 1 aliphatic heterocycles. The van der Waals surface area contributed by atoms with Crippen LogP contribution in [-0.2, 0) is 16.0 Å². The van der Waals surface area contributed by atoms with Gasteiger partial charge in [0.2, 0.25) is 11.8 Å². The summed E-state index contributed by atoms with van der Waals surface area (Å²) in [5, 5.41) is 5.73. The Labute approximate surface area is 227 Å². The van der Waals surface area contributed by atoms with Crippen molar-refractivity contribution in [2.45, 2.75) is 62.9 Å². The number of piperidine rings is 1. The van der Waals surface area contributed by atoms with Crippen molar-refractivity contribution in [2.75, 3.05) is 13.1 Å². The number of nitrogens with zero attached hydrogens (tertiary/aromatic N) is 2. The van der Waals surface area contributed by atoms with Crippen LogP contribution in [0.1, 0.15) is 55.6 Å². The number of aromatic amines is 1. The molecule has 0 spiro atoms. The van der Waals surface area contributed by atoms with E-state index < -0.39 is 0 Å². The fraction of sp³-hybridized carbons (Fsp3) is 0.464. The second-order valence-corrected chi connectivity index (χ2v) is 11.2. The molecular weight excluding hydrogens is 509 g/mol. The van der Waals surface area contributed by atoms with Gasteiger partial charge in [-0.15, -0.1) is 0 Å². The van der Waals surface area contributed by atoms with Gasteiger partial charge < -0.3 is 20.9 Å². The molecule has 1 aliphatic carbocycles. The largest absolute Gasteiger partial charge is 0.368 e. The summed E-state index contributed by atoms with van der Waals surface area (Å²) in [6.45, 7) is 1.25. The predicted molar refractivity (Wildman–Crippen MR) is 147 cm³/mol. The average Bonchev–Trinajstić information content (AvgIpc) is 3.34. The van der Waals surface area contributed by atoms with Crippen molar-refractivity contribution in [3.8, 4) is 0 Å². The van der Waals surface area contributed by atoms with Crippen molar-refractivity contribution in [3.05, 3.63) is 64.0 Å². The van der Waals surface area contributed by atoms with Crippen LogP contribution in [0.5, 0.6) is 0 Å². The van der Waals surface area contributed by atoms with Crippen LogP contribution in [0.15, 0.2) is 42.9 Å². The first kappa shape index (κ1) is 26.0. The fourth-order valence-electron chi connectivity index (χ4n) is 6.02. The number of pyridine rings is 1. The third kappa shape index (κ3) is 5.95. The zero-order valence-electron chi connectivity index (χ0n) is 20.8. The number of hydrogen-bond donors (Lipinski definition) is 3. The molecule has 2 fully saturated rings. The van der Waals surface area contributed by atoms with Gasteiger partial charge in [-0.05, 0) is 79.7 Å². The molecule has 3 aromatic rings. The SMILES string of the molecule is NC(=O)C(NC1CCC(c2c[nH]c3ccncc23)CC1)C1CCN(C(=O)Cc2ccc(Cl)c(Cl)c2)CC1. The minimum Gasteiger partial charge on any atom is -0.368 e. The number of carbonyl (C=O) groups excluding carboxylic acids is 2. The van der Waals surface area contributed by atoms with E-state index in [0.717, 1.165) is 49.6 Å². The molecule has 2 amide bonds. The summed E-state index contributed by atoms with van der Waals surface area (Å²) in [7, 11) is 0. The van der Waals surface area contributed by atoms with Gasteiger partial charge in [-0.3, -0.25) is 14.6 Å². The number of halogens is 2. The maximum Gasteiger partial charge on any atom is 0.234 e. The lowest BCUT2D eigenvalue weighted by atomic mass is 9.80. The van der Waals surface area contributed by atoms with Gasteiger partial charge in [-0.1, -0.05) is 29.3 Å². The molecule has 4 N–H and O–H groups in total. The number of H-pyrrole nitrogens is 1. The summed E-state index contributed by atoms with van der Waals surface area (Å²) in [4.78, 5) is 34.8. The monoisotopic (exact) mass is 541 g/mol. The van der Waals surface area contributed by atoms with Crippen molar-refractivity contribution in [3.63, 3.8) is 0 Å². The van der Waals surface area contributed by atoms with Gasteiger partial charge in [0.25, 0.3) is 0 Å². The second-order valence-electron chi connectivity index (χ2n) is 10.4. The Kier molecular flexibility index (Phi) is 8.03. The number of nitrogens with two attached hydrogens (primary N) is 1. The van der Waals surface area contributed by atoms with E-state index in [1.54, 1.807) is 12.1 Å².